The van der Waals surface area contributed by atoms with Gasteiger partial charge in [-0.1, -0.05) is 118 Å². The topological polar surface area (TPSA) is 142 Å². The van der Waals surface area contributed by atoms with Crippen molar-refractivity contribution in [2.45, 2.75) is 180 Å². The monoisotopic (exact) mass is 838 g/mol. The number of unbranched alkanes of at least 4 members (excludes halogenated alkanes) is 12. The maximum absolute atomic E-state index is 13.6. The van der Waals surface area contributed by atoms with Gasteiger partial charge in [0, 0.05) is 6.04 Å². The molecule has 0 aromatic rings. The Balaban J connectivity index is 6.59. The molecule has 0 aliphatic rings. The molecule has 0 aromatic heterocycles. The zero-order valence-electron chi connectivity index (χ0n) is 36.1. The van der Waals surface area contributed by atoms with Gasteiger partial charge < -0.3 is 27.2 Å². The van der Waals surface area contributed by atoms with E-state index in [0.29, 0.717) is 18.9 Å². The van der Waals surface area contributed by atoms with Gasteiger partial charge in [0.1, 0.15) is 5.54 Å². The Morgan fingerprint density at radius 3 is 1.48 bits per heavy atom. The summed E-state index contributed by atoms with van der Waals surface area (Å²) in [5.41, 5.74) is -1.18. The number of ether oxygens (including phenoxy) is 4. The maximum atomic E-state index is 13.6. The molecule has 12 nitrogen and oxygen atoms in total. The first-order valence-corrected chi connectivity index (χ1v) is 30.3. The van der Waals surface area contributed by atoms with Crippen molar-refractivity contribution in [2.75, 3.05) is 28.4 Å². The van der Waals surface area contributed by atoms with Gasteiger partial charge in [0.15, 0.2) is 18.1 Å². The van der Waals surface area contributed by atoms with Crippen LogP contribution >= 0.6 is 0 Å². The summed E-state index contributed by atoms with van der Waals surface area (Å²) < 4.78 is 47.2. The van der Waals surface area contributed by atoms with Crippen LogP contribution in [0.2, 0.25) is 49.4 Å². The van der Waals surface area contributed by atoms with Gasteiger partial charge >= 0.3 is 41.0 Å². The lowest BCUT2D eigenvalue weighted by atomic mass is 10.1. The van der Waals surface area contributed by atoms with Crippen molar-refractivity contribution in [3.05, 3.63) is 0 Å². The van der Waals surface area contributed by atoms with Crippen LogP contribution in [0.1, 0.15) is 130 Å². The molecule has 0 saturated carbocycles. The Hall–Kier alpha value is -1.41. The van der Waals surface area contributed by atoms with Gasteiger partial charge in [-0.2, -0.15) is 0 Å². The predicted octanol–water partition coefficient (Wildman–Crippen LogP) is 8.81. The van der Waals surface area contributed by atoms with Crippen molar-refractivity contribution >= 4 is 59.1 Å². The van der Waals surface area contributed by atoms with E-state index in [-0.39, 0.29) is 23.9 Å². The molecule has 0 aromatic carbocycles. The minimum atomic E-state index is -3.66. The summed E-state index contributed by atoms with van der Waals surface area (Å²) in [5.74, 6) is -2.42. The minimum absolute atomic E-state index is 0.213. The standard InChI is InChI=1S/C38H78O12Si4/c1-13-15-17-19-21-23-25-27-33(37(41)45-7)52(10)50-54(12,34(38(42)46-8)28-26-24-22-20-18-16-14-2)48-47-53(11,30-32(4)36(40)44-6)49-51(9)29-31(3)35(39)43-5/h31-34,51-52H,13-30H2,1-12H3. The van der Waals surface area contributed by atoms with E-state index in [1.807, 2.05) is 26.2 Å². The molecule has 0 saturated heterocycles. The number of methoxy groups -OCH3 is 4. The molecule has 0 radical (unpaired) electrons. The quantitative estimate of drug-likeness (QED) is 0.0156. The summed E-state index contributed by atoms with van der Waals surface area (Å²) in [7, 11) is -6.06. The van der Waals surface area contributed by atoms with E-state index in [2.05, 4.69) is 13.8 Å². The van der Waals surface area contributed by atoms with Gasteiger partial charge in [-0.3, -0.25) is 28.3 Å². The number of rotatable bonds is 33. The molecule has 318 valence electrons. The molecule has 0 heterocycles. The van der Waals surface area contributed by atoms with Gasteiger partial charge in [-0.25, -0.2) is 0 Å². The number of esters is 4. The lowest BCUT2D eigenvalue weighted by molar-refractivity contribution is -0.163. The summed E-state index contributed by atoms with van der Waals surface area (Å²) in [6, 6.07) is 0.702. The molecule has 8 unspecified atom stereocenters. The van der Waals surface area contributed by atoms with Crippen LogP contribution in [0.25, 0.3) is 0 Å². The molecule has 0 amide bonds. The van der Waals surface area contributed by atoms with E-state index in [1.165, 1.54) is 73.4 Å². The zero-order chi connectivity index (χ0) is 41.2. The maximum Gasteiger partial charge on any atom is 0.374 e. The molecule has 16 heteroatoms. The highest BCUT2D eigenvalue weighted by Crippen LogP contribution is 2.37. The van der Waals surface area contributed by atoms with Crippen molar-refractivity contribution in [1.29, 1.82) is 0 Å². The van der Waals surface area contributed by atoms with Crippen LogP contribution in [0.3, 0.4) is 0 Å². The second-order valence-corrected chi connectivity index (χ2v) is 27.3. The Morgan fingerprint density at radius 1 is 0.556 bits per heavy atom. The average molecular weight is 839 g/mol. The first-order valence-electron chi connectivity index (χ1n) is 20.6. The zero-order valence-corrected chi connectivity index (χ0v) is 40.4. The van der Waals surface area contributed by atoms with Crippen molar-refractivity contribution < 1.29 is 55.5 Å². The number of hydrogen-bond acceptors (Lipinski definition) is 12. The van der Waals surface area contributed by atoms with Crippen LogP contribution in [0, 0.1) is 11.8 Å². The highest BCUT2D eigenvalue weighted by molar-refractivity contribution is 6.79. The molecule has 8 atom stereocenters. The van der Waals surface area contributed by atoms with Crippen LogP contribution in [-0.2, 0) is 55.5 Å². The summed E-state index contributed by atoms with van der Waals surface area (Å²) >= 11 is 0. The van der Waals surface area contributed by atoms with Crippen LogP contribution in [0.5, 0.6) is 0 Å². The lowest BCUT2D eigenvalue weighted by Gasteiger charge is -2.39. The highest BCUT2D eigenvalue weighted by Gasteiger charge is 2.52. The van der Waals surface area contributed by atoms with E-state index in [1.54, 1.807) is 13.8 Å². The molecule has 0 aliphatic carbocycles. The third-order valence-corrected chi connectivity index (χ3v) is 24.5. The highest BCUT2D eigenvalue weighted by atomic mass is 28.4. The summed E-state index contributed by atoms with van der Waals surface area (Å²) in [4.78, 5) is 51.7. The number of carbonyl (C=O) groups is 4. The fraction of sp³-hybridized carbons (Fsp3) is 0.895. The van der Waals surface area contributed by atoms with Crippen LogP contribution in [0.4, 0.5) is 0 Å². The largest absolute Gasteiger partial charge is 0.469 e. The first-order chi connectivity index (χ1) is 25.6. The second kappa shape index (κ2) is 29.8. The first kappa shape index (κ1) is 52.6. The van der Waals surface area contributed by atoms with Gasteiger partial charge in [-0.05, 0) is 45.1 Å². The van der Waals surface area contributed by atoms with Crippen molar-refractivity contribution in [3.8, 4) is 0 Å². The Kier molecular flexibility index (Phi) is 29.0. The molecule has 0 fully saturated rings. The van der Waals surface area contributed by atoms with Crippen molar-refractivity contribution in [3.63, 3.8) is 0 Å². The fourth-order valence-corrected chi connectivity index (χ4v) is 22.3. The second-order valence-electron chi connectivity index (χ2n) is 15.4. The van der Waals surface area contributed by atoms with Gasteiger partial charge in [0.05, 0.1) is 45.8 Å². The smallest absolute Gasteiger partial charge is 0.374 e. The van der Waals surface area contributed by atoms with E-state index >= 15 is 0 Å². The third-order valence-electron chi connectivity index (χ3n) is 10.2. The number of carbonyl (C=O) groups excluding carboxylic acids is 4. The van der Waals surface area contributed by atoms with Crippen molar-refractivity contribution in [1.82, 2.24) is 0 Å². The predicted molar refractivity (Wildman–Crippen MR) is 222 cm³/mol. The molecule has 0 aliphatic heterocycles. The van der Waals surface area contributed by atoms with Gasteiger partial charge in [-0.15, -0.1) is 0 Å². The SMILES string of the molecule is CCCCCCCCCC(C(=O)OC)[SiH](C)O[Si](C)(OO[Si](C)(CC(C)C(=O)OC)O[SiH](C)CC(C)C(=O)OC)C(CCCCCCCCC)C(=O)OC. The number of hydrogen-bond donors (Lipinski definition) is 0. The summed E-state index contributed by atoms with van der Waals surface area (Å²) in [6.07, 6.45) is 16.4. The fourth-order valence-electron chi connectivity index (χ4n) is 7.05. The Bertz CT molecular complexity index is 1060. The summed E-state index contributed by atoms with van der Waals surface area (Å²) in [6.45, 7) is 15.5. The molecule has 0 N–H and O–H groups in total. The molecular formula is C38H78O12Si4. The van der Waals surface area contributed by atoms with Crippen LogP contribution < -0.4 is 0 Å². The summed E-state index contributed by atoms with van der Waals surface area (Å²) in [5, 5.41) is 0. The van der Waals surface area contributed by atoms with Crippen LogP contribution in [0.15, 0.2) is 0 Å². The molecule has 54 heavy (non-hydrogen) atoms. The normalized spacial score (nSPS) is 17.2. The molecule has 0 spiro atoms. The minimum Gasteiger partial charge on any atom is -0.469 e. The Morgan fingerprint density at radius 2 is 1.00 bits per heavy atom. The van der Waals surface area contributed by atoms with E-state index < -0.39 is 64.1 Å². The van der Waals surface area contributed by atoms with Crippen LogP contribution in [-0.4, -0.2) is 87.5 Å². The Labute approximate surface area is 333 Å². The van der Waals surface area contributed by atoms with Gasteiger partial charge in [0.2, 0.25) is 0 Å². The van der Waals surface area contributed by atoms with Gasteiger partial charge in [0.25, 0.3) is 0 Å². The van der Waals surface area contributed by atoms with E-state index in [0.717, 1.165) is 44.9 Å². The third kappa shape index (κ3) is 21.2. The lowest BCUT2D eigenvalue weighted by Crippen LogP contribution is -2.55. The average Bonchev–Trinajstić information content (AvgIpc) is 3.14. The van der Waals surface area contributed by atoms with E-state index in [9.17, 15) is 19.2 Å². The van der Waals surface area contributed by atoms with E-state index in [4.69, 9.17) is 36.3 Å². The molecule has 0 bridgehead atoms. The molecule has 0 rings (SSSR count). The van der Waals surface area contributed by atoms with Crippen molar-refractivity contribution in [2.24, 2.45) is 11.8 Å². The molecular weight excluding hydrogens is 761 g/mol.